The fourth-order valence-electron chi connectivity index (χ4n) is 1.52. The molecule has 0 bridgehead atoms. The van der Waals surface area contributed by atoms with Gasteiger partial charge in [0.2, 0.25) is 0 Å². The van der Waals surface area contributed by atoms with Crippen molar-refractivity contribution in [2.24, 2.45) is 0 Å². The van der Waals surface area contributed by atoms with Crippen LogP contribution in [0.15, 0.2) is 24.3 Å². The fourth-order valence-corrected chi connectivity index (χ4v) is 1.52. The summed E-state index contributed by atoms with van der Waals surface area (Å²) in [6.07, 6.45) is 2.58. The van der Waals surface area contributed by atoms with Crippen LogP contribution in [0.25, 0.3) is 0 Å². The third kappa shape index (κ3) is 6.55. The molecule has 0 heterocycles. The molecule has 0 amide bonds. The molecule has 1 aliphatic rings. The number of carbonyl (C=O) groups excluding carboxylic acids is 1. The van der Waals surface area contributed by atoms with Crippen molar-refractivity contribution >= 4 is 31.8 Å². The molecule has 0 atom stereocenters. The van der Waals surface area contributed by atoms with E-state index in [0.717, 1.165) is 5.92 Å². The molecular formula is C12H14Cl3InO2. The van der Waals surface area contributed by atoms with Crippen LogP contribution < -0.4 is 37.2 Å². The van der Waals surface area contributed by atoms with Gasteiger partial charge in [0.25, 0.3) is 0 Å². The van der Waals surface area contributed by atoms with Gasteiger partial charge >= 0.3 is 31.8 Å². The Hall–Kier alpha value is 0.430. The van der Waals surface area contributed by atoms with Crippen molar-refractivity contribution in [3.05, 3.63) is 35.4 Å². The zero-order valence-electron chi connectivity index (χ0n) is 10.0. The summed E-state index contributed by atoms with van der Waals surface area (Å²) in [4.78, 5) is 11.3. The van der Waals surface area contributed by atoms with E-state index in [1.54, 1.807) is 0 Å². The third-order valence-corrected chi connectivity index (χ3v) is 2.47. The van der Waals surface area contributed by atoms with Crippen molar-refractivity contribution in [3.8, 4) is 0 Å². The van der Waals surface area contributed by atoms with Crippen LogP contribution in [-0.2, 0) is 4.74 Å². The van der Waals surface area contributed by atoms with E-state index in [0.29, 0.717) is 12.2 Å². The minimum atomic E-state index is -0.227. The van der Waals surface area contributed by atoms with Gasteiger partial charge in [0.1, 0.15) is 0 Å². The fraction of sp³-hybridized carbons (Fsp3) is 0.417. The normalized spacial score (nSPS) is 11.8. The maximum Gasteiger partial charge on any atom is 3.00 e. The van der Waals surface area contributed by atoms with Gasteiger partial charge in [-0.05, 0) is 43.4 Å². The van der Waals surface area contributed by atoms with Gasteiger partial charge in [-0.2, -0.15) is 0 Å². The maximum absolute atomic E-state index is 11.3. The molecule has 18 heavy (non-hydrogen) atoms. The Kier molecular flexibility index (Phi) is 14.7. The summed E-state index contributed by atoms with van der Waals surface area (Å²) in [5.74, 6) is 0.515. The minimum Gasteiger partial charge on any atom is -1.00 e. The number of ether oxygens (including phenoxy) is 1. The van der Waals surface area contributed by atoms with Crippen LogP contribution in [0.1, 0.15) is 41.6 Å². The van der Waals surface area contributed by atoms with E-state index in [1.807, 2.05) is 31.2 Å². The van der Waals surface area contributed by atoms with Crippen molar-refractivity contribution in [2.45, 2.75) is 25.7 Å². The monoisotopic (exact) mass is 410 g/mol. The number of benzene rings is 1. The first-order valence-corrected chi connectivity index (χ1v) is 5.08. The zero-order chi connectivity index (χ0) is 9.97. The van der Waals surface area contributed by atoms with E-state index >= 15 is 0 Å². The molecule has 1 saturated carbocycles. The van der Waals surface area contributed by atoms with Gasteiger partial charge in [-0.3, -0.25) is 0 Å². The standard InChI is InChI=1S/C12H14O2.3ClH.In/c1-2-14-12(13)11-7-5-10(6-8-11)9-3-4-9;;;;/h5-9H,2-4H2,1H3;3*1H;/q;;;;+3/p-3. The Morgan fingerprint density at radius 3 is 2.06 bits per heavy atom. The topological polar surface area (TPSA) is 26.3 Å². The summed E-state index contributed by atoms with van der Waals surface area (Å²) in [5, 5.41) is 0. The van der Waals surface area contributed by atoms with E-state index in [-0.39, 0.29) is 69.0 Å². The second kappa shape index (κ2) is 11.3. The average molecular weight is 411 g/mol. The van der Waals surface area contributed by atoms with Crippen molar-refractivity contribution in [2.75, 3.05) is 6.61 Å². The van der Waals surface area contributed by atoms with E-state index in [1.165, 1.54) is 18.4 Å². The number of hydrogen-bond donors (Lipinski definition) is 0. The van der Waals surface area contributed by atoms with E-state index in [9.17, 15) is 4.79 Å². The van der Waals surface area contributed by atoms with Gasteiger partial charge in [0, 0.05) is 0 Å². The number of hydrogen-bond acceptors (Lipinski definition) is 2. The molecule has 2 nitrogen and oxygen atoms in total. The molecule has 0 saturated heterocycles. The summed E-state index contributed by atoms with van der Waals surface area (Å²) in [7, 11) is 0. The summed E-state index contributed by atoms with van der Waals surface area (Å²) in [6.45, 7) is 2.25. The Bertz CT molecular complexity index is 340. The number of halogens is 3. The Morgan fingerprint density at radius 1 is 1.17 bits per heavy atom. The van der Waals surface area contributed by atoms with E-state index in [4.69, 9.17) is 4.74 Å². The molecule has 0 unspecified atom stereocenters. The molecule has 98 valence electrons. The first-order valence-electron chi connectivity index (χ1n) is 5.08. The van der Waals surface area contributed by atoms with Crippen LogP contribution >= 0.6 is 0 Å². The van der Waals surface area contributed by atoms with Crippen molar-refractivity contribution in [3.63, 3.8) is 0 Å². The predicted octanol–water partition coefficient (Wildman–Crippen LogP) is -6.63. The van der Waals surface area contributed by atoms with Gasteiger partial charge in [0.05, 0.1) is 12.2 Å². The summed E-state index contributed by atoms with van der Waals surface area (Å²) in [5.41, 5.74) is 1.99. The molecule has 0 spiro atoms. The van der Waals surface area contributed by atoms with Crippen LogP contribution in [0.4, 0.5) is 0 Å². The summed E-state index contributed by atoms with van der Waals surface area (Å²) < 4.78 is 4.90. The first kappa shape index (κ1) is 23.5. The van der Waals surface area contributed by atoms with Gasteiger partial charge in [-0.25, -0.2) is 4.79 Å². The molecule has 6 heteroatoms. The van der Waals surface area contributed by atoms with Crippen LogP contribution in [0.5, 0.6) is 0 Å². The number of carbonyl (C=O) groups is 1. The molecule has 0 aliphatic heterocycles. The van der Waals surface area contributed by atoms with Crippen molar-refractivity contribution < 1.29 is 46.8 Å². The molecule has 0 radical (unpaired) electrons. The summed E-state index contributed by atoms with van der Waals surface area (Å²) in [6, 6.07) is 7.77. The average Bonchev–Trinajstić information content (AvgIpc) is 3.02. The molecule has 0 N–H and O–H groups in total. The molecular weight excluding hydrogens is 397 g/mol. The second-order valence-corrected chi connectivity index (χ2v) is 3.62. The quantitative estimate of drug-likeness (QED) is 0.463. The molecule has 1 aliphatic carbocycles. The van der Waals surface area contributed by atoms with Crippen LogP contribution in [0, 0.1) is 0 Å². The van der Waals surface area contributed by atoms with Crippen LogP contribution in [0.3, 0.4) is 0 Å². The molecule has 1 fully saturated rings. The second-order valence-electron chi connectivity index (χ2n) is 3.62. The first-order chi connectivity index (χ1) is 6.81. The Labute approximate surface area is 145 Å². The molecule has 0 aromatic heterocycles. The van der Waals surface area contributed by atoms with E-state index < -0.39 is 0 Å². The zero-order valence-corrected chi connectivity index (χ0v) is 15.6. The van der Waals surface area contributed by atoms with Crippen LogP contribution in [0.2, 0.25) is 0 Å². The Balaban J connectivity index is -0.000000562. The molecule has 1 aromatic rings. The van der Waals surface area contributed by atoms with E-state index in [2.05, 4.69) is 0 Å². The molecule has 1 aromatic carbocycles. The maximum atomic E-state index is 11.3. The smallest absolute Gasteiger partial charge is 1.00 e. The number of esters is 1. The number of rotatable bonds is 3. The third-order valence-electron chi connectivity index (χ3n) is 2.47. The van der Waals surface area contributed by atoms with Crippen molar-refractivity contribution in [1.82, 2.24) is 0 Å². The minimum absolute atomic E-state index is 0. The largest absolute Gasteiger partial charge is 3.00 e. The SMILES string of the molecule is CCOC(=O)c1ccc(C2CC2)cc1.[Cl-].[Cl-].[Cl-].[In+3]. The summed E-state index contributed by atoms with van der Waals surface area (Å²) >= 11 is 0. The predicted molar refractivity (Wildman–Crippen MR) is 60.1 cm³/mol. The van der Waals surface area contributed by atoms with Gasteiger partial charge in [0.15, 0.2) is 0 Å². The van der Waals surface area contributed by atoms with Crippen molar-refractivity contribution in [1.29, 1.82) is 0 Å². The molecule has 2 rings (SSSR count). The van der Waals surface area contributed by atoms with Gasteiger partial charge in [-0.1, -0.05) is 12.1 Å². The van der Waals surface area contributed by atoms with Crippen LogP contribution in [-0.4, -0.2) is 38.4 Å². The van der Waals surface area contributed by atoms with Gasteiger partial charge < -0.3 is 42.0 Å². The Morgan fingerprint density at radius 2 is 1.67 bits per heavy atom. The van der Waals surface area contributed by atoms with Gasteiger partial charge in [-0.15, -0.1) is 0 Å².